The summed E-state index contributed by atoms with van der Waals surface area (Å²) in [7, 11) is 0. The van der Waals surface area contributed by atoms with Crippen molar-refractivity contribution in [1.82, 2.24) is 24.4 Å². The highest BCUT2D eigenvalue weighted by molar-refractivity contribution is 5.68. The van der Waals surface area contributed by atoms with Crippen LogP contribution in [0.15, 0.2) is 42.6 Å². The first-order valence-corrected chi connectivity index (χ1v) is 13.1. The Morgan fingerprint density at radius 3 is 2.50 bits per heavy atom. The van der Waals surface area contributed by atoms with E-state index in [2.05, 4.69) is 69.0 Å². The maximum atomic E-state index is 12.4. The molecule has 1 aliphatic heterocycles. The van der Waals surface area contributed by atoms with Crippen molar-refractivity contribution in [1.29, 1.82) is 0 Å². The molecule has 0 radical (unpaired) electrons. The summed E-state index contributed by atoms with van der Waals surface area (Å²) in [6.45, 7) is 11.6. The standard InChI is InChI=1S/C28H38N6O2/c1-19(21-10-11-24(29)23-8-6-5-7-22(21)23)20-9-12-25-30-31-26(34(25)17-20)18-32-13-15-33(16-14-32)27(35)36-28(2,3)4/h5-9,12,17,19,21,24H,10-11,13-16,18,29H2,1-4H3/t19-,21?,24-/m0/s1. The molecule has 3 heterocycles. The predicted octanol–water partition coefficient (Wildman–Crippen LogP) is 4.46. The van der Waals surface area contributed by atoms with Gasteiger partial charge in [-0.05, 0) is 68.2 Å². The van der Waals surface area contributed by atoms with Gasteiger partial charge in [-0.1, -0.05) is 37.3 Å². The Labute approximate surface area is 213 Å². The number of aromatic nitrogens is 3. The van der Waals surface area contributed by atoms with Gasteiger partial charge in [0.25, 0.3) is 0 Å². The number of amides is 1. The SMILES string of the molecule is C[C@@H](c1ccc2nnc(CN3CCN(C(=O)OC(C)(C)C)CC3)n2c1)C1CC[C@H](N)c2ccccc21. The molecule has 192 valence electrons. The molecule has 1 fully saturated rings. The molecule has 1 saturated heterocycles. The summed E-state index contributed by atoms with van der Waals surface area (Å²) in [4.78, 5) is 16.5. The number of hydrogen-bond acceptors (Lipinski definition) is 6. The maximum absolute atomic E-state index is 12.4. The van der Waals surface area contributed by atoms with Crippen molar-refractivity contribution in [3.63, 3.8) is 0 Å². The highest BCUT2D eigenvalue weighted by atomic mass is 16.6. The highest BCUT2D eigenvalue weighted by Gasteiger charge is 2.30. The second-order valence-corrected chi connectivity index (χ2v) is 11.3. The van der Waals surface area contributed by atoms with Crippen molar-refractivity contribution in [3.8, 4) is 0 Å². The summed E-state index contributed by atoms with van der Waals surface area (Å²) >= 11 is 0. The number of carbonyl (C=O) groups excluding carboxylic acids is 1. The van der Waals surface area contributed by atoms with Gasteiger partial charge in [0, 0.05) is 38.4 Å². The summed E-state index contributed by atoms with van der Waals surface area (Å²) < 4.78 is 7.66. The van der Waals surface area contributed by atoms with E-state index < -0.39 is 5.60 Å². The van der Waals surface area contributed by atoms with E-state index in [0.717, 1.165) is 37.4 Å². The van der Waals surface area contributed by atoms with Gasteiger partial charge in [-0.2, -0.15) is 0 Å². The van der Waals surface area contributed by atoms with Gasteiger partial charge in [0.05, 0.1) is 6.54 Å². The fourth-order valence-corrected chi connectivity index (χ4v) is 5.55. The fraction of sp³-hybridized carbons (Fsp3) is 0.536. The van der Waals surface area contributed by atoms with Crippen LogP contribution in [-0.4, -0.2) is 62.3 Å². The maximum Gasteiger partial charge on any atom is 0.410 e. The van der Waals surface area contributed by atoms with E-state index in [0.29, 0.717) is 31.5 Å². The molecule has 3 aromatic rings. The van der Waals surface area contributed by atoms with Gasteiger partial charge in [0.15, 0.2) is 11.5 Å². The number of rotatable bonds is 4. The van der Waals surface area contributed by atoms with E-state index in [1.807, 2.05) is 20.8 Å². The second-order valence-electron chi connectivity index (χ2n) is 11.3. The van der Waals surface area contributed by atoms with Crippen LogP contribution in [0.2, 0.25) is 0 Å². The molecule has 36 heavy (non-hydrogen) atoms. The molecular weight excluding hydrogens is 452 g/mol. The molecule has 3 atom stereocenters. The van der Waals surface area contributed by atoms with Crippen LogP contribution in [0.1, 0.15) is 80.9 Å². The van der Waals surface area contributed by atoms with Gasteiger partial charge in [-0.3, -0.25) is 9.30 Å². The minimum Gasteiger partial charge on any atom is -0.444 e. The summed E-state index contributed by atoms with van der Waals surface area (Å²) in [5.74, 6) is 1.73. The monoisotopic (exact) mass is 490 g/mol. The Balaban J connectivity index is 1.29. The average molecular weight is 491 g/mol. The van der Waals surface area contributed by atoms with Gasteiger partial charge in [0.2, 0.25) is 0 Å². The topological polar surface area (TPSA) is 89.0 Å². The molecule has 5 rings (SSSR count). The van der Waals surface area contributed by atoms with Crippen molar-refractivity contribution >= 4 is 11.7 Å². The first kappa shape index (κ1) is 24.7. The molecular formula is C28H38N6O2. The van der Waals surface area contributed by atoms with E-state index in [9.17, 15) is 4.79 Å². The second kappa shape index (κ2) is 9.82. The van der Waals surface area contributed by atoms with Crippen molar-refractivity contribution in [3.05, 3.63) is 65.1 Å². The first-order chi connectivity index (χ1) is 17.2. The molecule has 1 aromatic carbocycles. The van der Waals surface area contributed by atoms with Crippen LogP contribution in [0.25, 0.3) is 5.65 Å². The smallest absolute Gasteiger partial charge is 0.410 e. The molecule has 0 spiro atoms. The number of nitrogens with two attached hydrogens (primary N) is 1. The zero-order valence-electron chi connectivity index (χ0n) is 21.9. The molecule has 8 nitrogen and oxygen atoms in total. The molecule has 8 heteroatoms. The Hall–Kier alpha value is -2.97. The average Bonchev–Trinajstić information content (AvgIpc) is 3.25. The number of hydrogen-bond donors (Lipinski definition) is 1. The van der Waals surface area contributed by atoms with E-state index in [1.165, 1.54) is 16.7 Å². The number of fused-ring (bicyclic) bond motifs is 2. The lowest BCUT2D eigenvalue weighted by molar-refractivity contribution is 0.0137. The first-order valence-electron chi connectivity index (χ1n) is 13.1. The summed E-state index contributed by atoms with van der Waals surface area (Å²) in [6, 6.07) is 13.0. The minimum absolute atomic E-state index is 0.132. The van der Waals surface area contributed by atoms with Crippen molar-refractivity contribution in [2.24, 2.45) is 5.73 Å². The van der Waals surface area contributed by atoms with E-state index in [-0.39, 0.29) is 12.1 Å². The van der Waals surface area contributed by atoms with Crippen LogP contribution < -0.4 is 5.73 Å². The lowest BCUT2D eigenvalue weighted by atomic mass is 9.73. The molecule has 2 aliphatic rings. The Morgan fingerprint density at radius 2 is 1.78 bits per heavy atom. The van der Waals surface area contributed by atoms with Crippen molar-refractivity contribution in [2.45, 2.75) is 70.6 Å². The van der Waals surface area contributed by atoms with Crippen LogP contribution in [0.3, 0.4) is 0 Å². The predicted molar refractivity (Wildman–Crippen MR) is 140 cm³/mol. The van der Waals surface area contributed by atoms with Crippen LogP contribution in [0, 0.1) is 0 Å². The number of nitrogens with zero attached hydrogens (tertiary/aromatic N) is 5. The lowest BCUT2D eigenvalue weighted by Crippen LogP contribution is -2.49. The zero-order chi connectivity index (χ0) is 25.4. The number of piperazine rings is 1. The quantitative estimate of drug-likeness (QED) is 0.581. The van der Waals surface area contributed by atoms with Crippen LogP contribution in [0.5, 0.6) is 0 Å². The molecule has 1 amide bonds. The molecule has 0 bridgehead atoms. The van der Waals surface area contributed by atoms with E-state index in [4.69, 9.17) is 10.5 Å². The molecule has 1 unspecified atom stereocenters. The highest BCUT2D eigenvalue weighted by Crippen LogP contribution is 2.44. The van der Waals surface area contributed by atoms with E-state index >= 15 is 0 Å². The lowest BCUT2D eigenvalue weighted by Gasteiger charge is -2.35. The third-order valence-corrected chi connectivity index (χ3v) is 7.60. The number of benzene rings is 1. The Morgan fingerprint density at radius 1 is 1.06 bits per heavy atom. The molecule has 1 aliphatic carbocycles. The summed E-state index contributed by atoms with van der Waals surface area (Å²) in [5, 5.41) is 8.91. The largest absolute Gasteiger partial charge is 0.444 e. The normalized spacial score (nSPS) is 21.9. The Kier molecular flexibility index (Phi) is 6.74. The van der Waals surface area contributed by atoms with Crippen LogP contribution in [-0.2, 0) is 11.3 Å². The molecule has 0 saturated carbocycles. The Bertz CT molecular complexity index is 1220. The van der Waals surface area contributed by atoms with Crippen LogP contribution >= 0.6 is 0 Å². The minimum atomic E-state index is -0.477. The van der Waals surface area contributed by atoms with Gasteiger partial charge >= 0.3 is 6.09 Å². The third kappa shape index (κ3) is 5.11. The van der Waals surface area contributed by atoms with Gasteiger partial charge in [-0.25, -0.2) is 4.79 Å². The van der Waals surface area contributed by atoms with Gasteiger partial charge in [-0.15, -0.1) is 10.2 Å². The molecule has 2 aromatic heterocycles. The number of carbonyl (C=O) groups is 1. The number of ether oxygens (including phenoxy) is 1. The van der Waals surface area contributed by atoms with E-state index in [1.54, 1.807) is 4.90 Å². The summed E-state index contributed by atoms with van der Waals surface area (Å²) in [6.07, 6.45) is 4.08. The summed E-state index contributed by atoms with van der Waals surface area (Å²) in [5.41, 5.74) is 10.8. The third-order valence-electron chi connectivity index (χ3n) is 7.60. The van der Waals surface area contributed by atoms with Gasteiger partial charge in [0.1, 0.15) is 5.60 Å². The molecule has 2 N–H and O–H groups in total. The van der Waals surface area contributed by atoms with Crippen LogP contribution in [0.4, 0.5) is 4.79 Å². The number of pyridine rings is 1. The van der Waals surface area contributed by atoms with Crippen molar-refractivity contribution in [2.75, 3.05) is 26.2 Å². The van der Waals surface area contributed by atoms with Gasteiger partial charge < -0.3 is 15.4 Å². The zero-order valence-corrected chi connectivity index (χ0v) is 21.9. The van der Waals surface area contributed by atoms with Crippen molar-refractivity contribution < 1.29 is 9.53 Å². The fourth-order valence-electron chi connectivity index (χ4n) is 5.55.